The third-order valence-corrected chi connectivity index (χ3v) is 1.31. The lowest BCUT2D eigenvalue weighted by Crippen LogP contribution is -2.24. The molecular weight excluding hydrogens is 232 g/mol. The lowest BCUT2D eigenvalue weighted by molar-refractivity contribution is -0.147. The maximum absolute atomic E-state index is 10.4. The molecule has 0 radical (unpaired) electrons. The third-order valence-electron chi connectivity index (χ3n) is 1.31. The van der Waals surface area contributed by atoms with Gasteiger partial charge in [-0.15, -0.1) is 0 Å². The van der Waals surface area contributed by atoms with Crippen LogP contribution in [0.25, 0.3) is 0 Å². The Labute approximate surface area is 97.7 Å². The van der Waals surface area contributed by atoms with Crippen molar-refractivity contribution in [2.24, 2.45) is 16.8 Å². The number of carboxylic acids is 2. The van der Waals surface area contributed by atoms with Crippen LogP contribution in [0.2, 0.25) is 0 Å². The molecule has 0 bridgehead atoms. The minimum atomic E-state index is -1.31. The zero-order chi connectivity index (χ0) is 14.0. The number of aliphatic carboxylic acids is 2. The van der Waals surface area contributed by atoms with E-state index >= 15 is 0 Å². The van der Waals surface area contributed by atoms with Crippen molar-refractivity contribution < 1.29 is 29.8 Å². The van der Waals surface area contributed by atoms with Crippen LogP contribution in [0, 0.1) is 5.92 Å². The van der Waals surface area contributed by atoms with Crippen molar-refractivity contribution in [2.75, 3.05) is 0 Å². The van der Waals surface area contributed by atoms with E-state index in [9.17, 15) is 14.4 Å². The normalized spacial score (nSPS) is 10.4. The fourth-order valence-electron chi connectivity index (χ4n) is 0.707. The summed E-state index contributed by atoms with van der Waals surface area (Å²) in [4.78, 5) is 29.3. The Balaban J connectivity index is 0. The number of primary amides is 1. The van der Waals surface area contributed by atoms with Gasteiger partial charge in [-0.3, -0.25) is 14.4 Å². The highest BCUT2D eigenvalue weighted by molar-refractivity contribution is 6.38. The van der Waals surface area contributed by atoms with Gasteiger partial charge in [0.2, 0.25) is 0 Å². The van der Waals surface area contributed by atoms with Crippen LogP contribution in [-0.4, -0.2) is 39.0 Å². The fourth-order valence-corrected chi connectivity index (χ4v) is 0.707. The van der Waals surface area contributed by atoms with Crippen molar-refractivity contribution in [3.05, 3.63) is 0 Å². The summed E-state index contributed by atoms with van der Waals surface area (Å²) in [5, 5.41) is 26.4. The van der Waals surface area contributed by atoms with E-state index in [4.69, 9.17) is 21.2 Å². The summed E-state index contributed by atoms with van der Waals surface area (Å²) in [6.07, 6.45) is -0.383. The molecule has 0 heterocycles. The van der Waals surface area contributed by atoms with Gasteiger partial charge >= 0.3 is 11.9 Å². The Bertz CT molecular complexity index is 299. The van der Waals surface area contributed by atoms with Gasteiger partial charge < -0.3 is 21.2 Å². The van der Waals surface area contributed by atoms with Crippen LogP contribution in [0.1, 0.15) is 26.7 Å². The average Bonchev–Trinajstić information content (AvgIpc) is 2.11. The van der Waals surface area contributed by atoms with Crippen molar-refractivity contribution in [3.8, 4) is 0 Å². The Hall–Kier alpha value is -2.12. The first kappa shape index (κ1) is 17.3. The molecule has 0 aromatic rings. The summed E-state index contributed by atoms with van der Waals surface area (Å²) in [7, 11) is 0. The van der Waals surface area contributed by atoms with E-state index in [1.54, 1.807) is 0 Å². The first-order valence-corrected chi connectivity index (χ1v) is 4.65. The highest BCUT2D eigenvalue weighted by Crippen LogP contribution is 2.00. The first-order chi connectivity index (χ1) is 7.70. The number of carbonyl (C=O) groups excluding carboxylic acids is 1. The van der Waals surface area contributed by atoms with Crippen molar-refractivity contribution in [2.45, 2.75) is 26.7 Å². The molecular formula is C9H16N2O6. The second-order valence-electron chi connectivity index (χ2n) is 3.47. The van der Waals surface area contributed by atoms with E-state index in [0.29, 0.717) is 6.42 Å². The van der Waals surface area contributed by atoms with Crippen molar-refractivity contribution in [1.82, 2.24) is 0 Å². The second kappa shape index (κ2) is 9.13. The summed E-state index contributed by atoms with van der Waals surface area (Å²) in [6.45, 7) is 3.82. The highest BCUT2D eigenvalue weighted by atomic mass is 16.4. The molecule has 0 atom stereocenters. The Kier molecular flexibility index (Phi) is 9.28. The smallest absolute Gasteiger partial charge is 0.314 e. The van der Waals surface area contributed by atoms with E-state index in [0.717, 1.165) is 0 Å². The summed E-state index contributed by atoms with van der Waals surface area (Å²) in [6, 6.07) is 0. The molecule has 0 aliphatic carbocycles. The Morgan fingerprint density at radius 2 is 1.59 bits per heavy atom. The van der Waals surface area contributed by atoms with Gasteiger partial charge in [-0.2, -0.15) is 0 Å². The molecule has 0 rings (SSSR count). The first-order valence-electron chi connectivity index (χ1n) is 4.65. The van der Waals surface area contributed by atoms with E-state index < -0.39 is 24.3 Å². The number of carboxylic acid groups (broad SMARTS) is 2. The summed E-state index contributed by atoms with van der Waals surface area (Å²) < 4.78 is 0. The predicted molar refractivity (Wildman–Crippen MR) is 57.8 cm³/mol. The van der Waals surface area contributed by atoms with Gasteiger partial charge in [-0.1, -0.05) is 19.0 Å². The van der Waals surface area contributed by atoms with Crippen LogP contribution < -0.4 is 5.73 Å². The number of rotatable bonds is 5. The lowest BCUT2D eigenvalue weighted by Gasteiger charge is -2.01. The quantitative estimate of drug-likeness (QED) is 0.231. The SMILES string of the molecule is CC(C)CC(=NO)C(N)=O.O=C(O)CC(=O)O. The molecule has 0 saturated heterocycles. The summed E-state index contributed by atoms with van der Waals surface area (Å²) >= 11 is 0. The molecule has 0 aromatic heterocycles. The Morgan fingerprint density at radius 3 is 1.65 bits per heavy atom. The van der Waals surface area contributed by atoms with Gasteiger partial charge in [0.05, 0.1) is 0 Å². The van der Waals surface area contributed by atoms with Gasteiger partial charge in [-0.25, -0.2) is 0 Å². The van der Waals surface area contributed by atoms with E-state index in [-0.39, 0.29) is 11.6 Å². The van der Waals surface area contributed by atoms with Crippen LogP contribution in [0.15, 0.2) is 5.16 Å². The summed E-state index contributed by atoms with van der Waals surface area (Å²) in [5.41, 5.74) is 4.90. The number of amides is 1. The number of oxime groups is 1. The van der Waals surface area contributed by atoms with Gasteiger partial charge in [-0.05, 0) is 5.92 Å². The number of nitrogens with two attached hydrogens (primary N) is 1. The monoisotopic (exact) mass is 248 g/mol. The maximum Gasteiger partial charge on any atom is 0.314 e. The van der Waals surface area contributed by atoms with E-state index in [1.807, 2.05) is 13.8 Å². The molecule has 8 heteroatoms. The largest absolute Gasteiger partial charge is 0.481 e. The minimum Gasteiger partial charge on any atom is -0.481 e. The molecule has 98 valence electrons. The number of hydrogen-bond acceptors (Lipinski definition) is 5. The van der Waals surface area contributed by atoms with Gasteiger partial charge in [0, 0.05) is 6.42 Å². The standard InChI is InChI=1S/C6H12N2O2.C3H4O4/c1-4(2)3-5(8-10)6(7)9;4-2(5)1-3(6)7/h4,10H,3H2,1-2H3,(H2,7,9);1H2,(H,4,5)(H,6,7). The number of hydrogen-bond donors (Lipinski definition) is 4. The van der Waals surface area contributed by atoms with Crippen LogP contribution in [-0.2, 0) is 14.4 Å². The van der Waals surface area contributed by atoms with Crippen molar-refractivity contribution in [1.29, 1.82) is 0 Å². The topological polar surface area (TPSA) is 150 Å². The van der Waals surface area contributed by atoms with E-state index in [1.165, 1.54) is 0 Å². The molecule has 17 heavy (non-hydrogen) atoms. The molecule has 0 aromatic carbocycles. The fraction of sp³-hybridized carbons (Fsp3) is 0.556. The molecule has 5 N–H and O–H groups in total. The van der Waals surface area contributed by atoms with Crippen molar-refractivity contribution >= 4 is 23.6 Å². The third kappa shape index (κ3) is 13.9. The van der Waals surface area contributed by atoms with E-state index in [2.05, 4.69) is 5.16 Å². The molecule has 0 aliphatic rings. The number of nitrogens with zero attached hydrogens (tertiary/aromatic N) is 1. The zero-order valence-electron chi connectivity index (χ0n) is 9.58. The second-order valence-corrected chi connectivity index (χ2v) is 3.47. The zero-order valence-corrected chi connectivity index (χ0v) is 9.58. The number of carbonyl (C=O) groups is 3. The van der Waals surface area contributed by atoms with Crippen LogP contribution in [0.3, 0.4) is 0 Å². The van der Waals surface area contributed by atoms with Crippen LogP contribution in [0.5, 0.6) is 0 Å². The molecule has 0 saturated carbocycles. The molecule has 0 fully saturated rings. The summed E-state index contributed by atoms with van der Waals surface area (Å²) in [5.74, 6) is -3.00. The molecule has 1 amide bonds. The molecule has 0 unspecified atom stereocenters. The minimum absolute atomic E-state index is 0.0370. The van der Waals surface area contributed by atoms with Gasteiger partial charge in [0.1, 0.15) is 12.1 Å². The van der Waals surface area contributed by atoms with Gasteiger partial charge in [0.15, 0.2) is 0 Å². The predicted octanol–water partition coefficient (Wildman–Crippen LogP) is -0.106. The van der Waals surface area contributed by atoms with Gasteiger partial charge in [0.25, 0.3) is 5.91 Å². The van der Waals surface area contributed by atoms with Crippen LogP contribution >= 0.6 is 0 Å². The molecule has 8 nitrogen and oxygen atoms in total. The highest BCUT2D eigenvalue weighted by Gasteiger charge is 2.08. The molecule has 0 spiro atoms. The average molecular weight is 248 g/mol. The maximum atomic E-state index is 10.4. The lowest BCUT2D eigenvalue weighted by atomic mass is 10.1. The van der Waals surface area contributed by atoms with Crippen molar-refractivity contribution in [3.63, 3.8) is 0 Å². The Morgan fingerprint density at radius 1 is 1.18 bits per heavy atom. The molecule has 0 aliphatic heterocycles. The van der Waals surface area contributed by atoms with Crippen LogP contribution in [0.4, 0.5) is 0 Å².